The first-order valence-corrected chi connectivity index (χ1v) is 8.99. The molecule has 0 spiro atoms. The zero-order valence-electron chi connectivity index (χ0n) is 16.0. The Balaban J connectivity index is 1.91. The standard InChI is InChI=1S/C22H21NO5/c1-4-7-20(24)27-19-13-15(10-11-18(19)26-3)12-17-22(25)28-21(23-17)16-9-6-5-8-14(16)2/h5-6,8-13H,4,7H2,1-3H3. The second-order valence-electron chi connectivity index (χ2n) is 6.29. The first kappa shape index (κ1) is 19.4. The minimum Gasteiger partial charge on any atom is -0.493 e. The van der Waals surface area contributed by atoms with Gasteiger partial charge in [0.25, 0.3) is 0 Å². The highest BCUT2D eigenvalue weighted by atomic mass is 16.6. The number of hydrogen-bond donors (Lipinski definition) is 0. The molecule has 1 heterocycles. The third kappa shape index (κ3) is 4.28. The van der Waals surface area contributed by atoms with Crippen LogP contribution in [-0.2, 0) is 14.3 Å². The lowest BCUT2D eigenvalue weighted by atomic mass is 10.1. The molecule has 0 saturated carbocycles. The van der Waals surface area contributed by atoms with Crippen LogP contribution in [0.15, 0.2) is 53.2 Å². The van der Waals surface area contributed by atoms with Crippen LogP contribution in [0.2, 0.25) is 0 Å². The average molecular weight is 379 g/mol. The molecule has 28 heavy (non-hydrogen) atoms. The van der Waals surface area contributed by atoms with Gasteiger partial charge in [0.15, 0.2) is 17.2 Å². The van der Waals surface area contributed by atoms with Crippen LogP contribution in [0.4, 0.5) is 0 Å². The molecule has 1 aliphatic rings. The molecule has 0 N–H and O–H groups in total. The molecule has 0 saturated heterocycles. The van der Waals surface area contributed by atoms with Crippen molar-refractivity contribution in [3.63, 3.8) is 0 Å². The first-order chi connectivity index (χ1) is 13.5. The summed E-state index contributed by atoms with van der Waals surface area (Å²) < 4.78 is 15.9. The Morgan fingerprint density at radius 2 is 1.96 bits per heavy atom. The van der Waals surface area contributed by atoms with Crippen molar-refractivity contribution in [2.75, 3.05) is 7.11 Å². The highest BCUT2D eigenvalue weighted by Gasteiger charge is 2.25. The van der Waals surface area contributed by atoms with E-state index >= 15 is 0 Å². The molecule has 3 rings (SSSR count). The minimum absolute atomic E-state index is 0.175. The number of aryl methyl sites for hydroxylation is 1. The predicted molar refractivity (Wildman–Crippen MR) is 105 cm³/mol. The van der Waals surface area contributed by atoms with Gasteiger partial charge in [-0.25, -0.2) is 9.79 Å². The van der Waals surface area contributed by atoms with Gasteiger partial charge in [0, 0.05) is 12.0 Å². The van der Waals surface area contributed by atoms with Gasteiger partial charge in [-0.15, -0.1) is 0 Å². The molecular formula is C22H21NO5. The lowest BCUT2D eigenvalue weighted by molar-refractivity contribution is -0.134. The number of nitrogens with zero attached hydrogens (tertiary/aromatic N) is 1. The molecule has 0 aromatic heterocycles. The molecule has 0 atom stereocenters. The molecule has 0 amide bonds. The van der Waals surface area contributed by atoms with E-state index in [-0.39, 0.29) is 17.6 Å². The Bertz CT molecular complexity index is 975. The van der Waals surface area contributed by atoms with Crippen LogP contribution in [0.3, 0.4) is 0 Å². The van der Waals surface area contributed by atoms with Crippen molar-refractivity contribution in [3.8, 4) is 11.5 Å². The van der Waals surface area contributed by atoms with E-state index in [1.165, 1.54) is 7.11 Å². The van der Waals surface area contributed by atoms with Crippen LogP contribution < -0.4 is 9.47 Å². The third-order valence-corrected chi connectivity index (χ3v) is 4.16. The van der Waals surface area contributed by atoms with Crippen molar-refractivity contribution in [1.82, 2.24) is 0 Å². The number of hydrogen-bond acceptors (Lipinski definition) is 6. The van der Waals surface area contributed by atoms with E-state index in [1.54, 1.807) is 24.3 Å². The van der Waals surface area contributed by atoms with Gasteiger partial charge in [0.05, 0.1) is 7.11 Å². The van der Waals surface area contributed by atoms with E-state index < -0.39 is 5.97 Å². The van der Waals surface area contributed by atoms with E-state index in [1.807, 2.05) is 38.1 Å². The minimum atomic E-state index is -0.529. The summed E-state index contributed by atoms with van der Waals surface area (Å²) in [6, 6.07) is 12.6. The highest BCUT2D eigenvalue weighted by Crippen LogP contribution is 2.30. The quantitative estimate of drug-likeness (QED) is 0.430. The fourth-order valence-corrected chi connectivity index (χ4v) is 2.74. The Morgan fingerprint density at radius 3 is 2.68 bits per heavy atom. The molecule has 6 nitrogen and oxygen atoms in total. The Kier molecular flexibility index (Phi) is 5.89. The topological polar surface area (TPSA) is 74.2 Å². The smallest absolute Gasteiger partial charge is 0.363 e. The fourth-order valence-electron chi connectivity index (χ4n) is 2.74. The van der Waals surface area contributed by atoms with Gasteiger partial charge in [-0.05, 0) is 48.7 Å². The molecule has 0 bridgehead atoms. The number of carbonyl (C=O) groups excluding carboxylic acids is 2. The van der Waals surface area contributed by atoms with Crippen LogP contribution in [-0.4, -0.2) is 24.9 Å². The van der Waals surface area contributed by atoms with Gasteiger partial charge in [-0.3, -0.25) is 4.79 Å². The van der Waals surface area contributed by atoms with Crippen molar-refractivity contribution < 1.29 is 23.8 Å². The molecule has 0 unspecified atom stereocenters. The molecular weight excluding hydrogens is 358 g/mol. The molecule has 0 radical (unpaired) electrons. The van der Waals surface area contributed by atoms with Gasteiger partial charge < -0.3 is 14.2 Å². The van der Waals surface area contributed by atoms with E-state index in [0.717, 1.165) is 11.1 Å². The van der Waals surface area contributed by atoms with Crippen LogP contribution >= 0.6 is 0 Å². The molecule has 0 fully saturated rings. The maximum atomic E-state index is 12.2. The molecule has 2 aromatic carbocycles. The van der Waals surface area contributed by atoms with Gasteiger partial charge in [-0.1, -0.05) is 31.2 Å². The number of aliphatic imine (C=N–C) groups is 1. The Labute approximate surface area is 163 Å². The number of methoxy groups -OCH3 is 1. The summed E-state index contributed by atoms with van der Waals surface area (Å²) in [5.41, 5.74) is 2.55. The van der Waals surface area contributed by atoms with Crippen molar-refractivity contribution >= 4 is 23.9 Å². The van der Waals surface area contributed by atoms with Gasteiger partial charge >= 0.3 is 11.9 Å². The van der Waals surface area contributed by atoms with Crippen molar-refractivity contribution in [3.05, 3.63) is 64.9 Å². The number of rotatable bonds is 6. The predicted octanol–water partition coefficient (Wildman–Crippen LogP) is 4.05. The largest absolute Gasteiger partial charge is 0.493 e. The lowest BCUT2D eigenvalue weighted by Gasteiger charge is -2.09. The molecule has 2 aromatic rings. The SMILES string of the molecule is CCCC(=O)Oc1cc(C=C2N=C(c3ccccc3C)OC2=O)ccc1OC. The Morgan fingerprint density at radius 1 is 1.18 bits per heavy atom. The van der Waals surface area contributed by atoms with E-state index in [4.69, 9.17) is 14.2 Å². The van der Waals surface area contributed by atoms with Crippen molar-refractivity contribution in [2.45, 2.75) is 26.7 Å². The van der Waals surface area contributed by atoms with Crippen LogP contribution in [0.1, 0.15) is 36.5 Å². The van der Waals surface area contributed by atoms with E-state index in [2.05, 4.69) is 4.99 Å². The second kappa shape index (κ2) is 8.52. The normalized spacial score (nSPS) is 14.6. The van der Waals surface area contributed by atoms with Crippen molar-refractivity contribution in [2.24, 2.45) is 4.99 Å². The van der Waals surface area contributed by atoms with E-state index in [9.17, 15) is 9.59 Å². The maximum absolute atomic E-state index is 12.2. The van der Waals surface area contributed by atoms with Gasteiger partial charge in [-0.2, -0.15) is 0 Å². The number of cyclic esters (lactones) is 1. The van der Waals surface area contributed by atoms with Gasteiger partial charge in [0.1, 0.15) is 0 Å². The summed E-state index contributed by atoms with van der Waals surface area (Å²) in [4.78, 5) is 28.4. The maximum Gasteiger partial charge on any atom is 0.363 e. The zero-order chi connectivity index (χ0) is 20.1. The highest BCUT2D eigenvalue weighted by molar-refractivity contribution is 6.13. The second-order valence-corrected chi connectivity index (χ2v) is 6.29. The first-order valence-electron chi connectivity index (χ1n) is 8.99. The third-order valence-electron chi connectivity index (χ3n) is 4.16. The summed E-state index contributed by atoms with van der Waals surface area (Å²) >= 11 is 0. The summed E-state index contributed by atoms with van der Waals surface area (Å²) in [5.74, 6) is 0.135. The number of benzene rings is 2. The van der Waals surface area contributed by atoms with Crippen molar-refractivity contribution in [1.29, 1.82) is 0 Å². The molecule has 6 heteroatoms. The lowest BCUT2D eigenvalue weighted by Crippen LogP contribution is -2.08. The molecule has 1 aliphatic heterocycles. The zero-order valence-corrected chi connectivity index (χ0v) is 16.0. The number of esters is 2. The molecule has 144 valence electrons. The summed E-state index contributed by atoms with van der Waals surface area (Å²) in [6.07, 6.45) is 2.59. The average Bonchev–Trinajstić information content (AvgIpc) is 3.03. The van der Waals surface area contributed by atoms with Gasteiger partial charge in [0.2, 0.25) is 5.90 Å². The summed E-state index contributed by atoms with van der Waals surface area (Å²) in [5, 5.41) is 0. The summed E-state index contributed by atoms with van der Waals surface area (Å²) in [7, 11) is 1.50. The Hall–Kier alpha value is -3.41. The molecule has 0 aliphatic carbocycles. The number of ether oxygens (including phenoxy) is 3. The van der Waals surface area contributed by atoms with Crippen LogP contribution in [0.25, 0.3) is 6.08 Å². The van der Waals surface area contributed by atoms with Crippen LogP contribution in [0, 0.1) is 6.92 Å². The monoisotopic (exact) mass is 379 g/mol. The summed E-state index contributed by atoms with van der Waals surface area (Å²) in [6.45, 7) is 3.82. The fraction of sp³-hybridized carbons (Fsp3) is 0.227. The van der Waals surface area contributed by atoms with E-state index in [0.29, 0.717) is 29.9 Å². The van der Waals surface area contributed by atoms with Crippen LogP contribution in [0.5, 0.6) is 11.5 Å². The number of carbonyl (C=O) groups is 2.